The van der Waals surface area contributed by atoms with Crippen LogP contribution in [0.4, 0.5) is 0 Å². The Hall–Kier alpha value is -2.57. The van der Waals surface area contributed by atoms with Crippen molar-refractivity contribution in [1.29, 1.82) is 0 Å². The number of aromatic nitrogens is 4. The summed E-state index contributed by atoms with van der Waals surface area (Å²) in [7, 11) is -1.09. The van der Waals surface area contributed by atoms with Gasteiger partial charge in [0.15, 0.2) is 0 Å². The van der Waals surface area contributed by atoms with Crippen LogP contribution in [0, 0.1) is 0 Å². The van der Waals surface area contributed by atoms with Gasteiger partial charge in [-0.2, -0.15) is 0 Å². The number of halogens is 1. The monoisotopic (exact) mass is 368 g/mol. The van der Waals surface area contributed by atoms with Gasteiger partial charge < -0.3 is 0 Å². The van der Waals surface area contributed by atoms with Gasteiger partial charge in [0.2, 0.25) is 5.95 Å². The topological polar surface area (TPSA) is 60.7 Å². The second-order valence-corrected chi connectivity index (χ2v) is 7.25. The van der Waals surface area contributed by atoms with Gasteiger partial charge in [0.25, 0.3) is 0 Å². The number of benzene rings is 1. The van der Waals surface area contributed by atoms with Crippen molar-refractivity contribution in [1.82, 2.24) is 19.5 Å². The zero-order valence-electron chi connectivity index (χ0n) is 13.3. The van der Waals surface area contributed by atoms with E-state index < -0.39 is 10.8 Å². The Labute approximate surface area is 151 Å². The molecule has 0 aliphatic heterocycles. The zero-order valence-corrected chi connectivity index (χ0v) is 14.8. The van der Waals surface area contributed by atoms with Gasteiger partial charge in [-0.3, -0.25) is 13.8 Å². The SMILES string of the molecule is CS(=O)c1cn(-c2ncc(-c3cc(Cl)ccn3)cn2)c2ccccc12. The van der Waals surface area contributed by atoms with E-state index >= 15 is 0 Å². The van der Waals surface area contributed by atoms with Crippen molar-refractivity contribution in [3.05, 3.63) is 66.2 Å². The van der Waals surface area contributed by atoms with Crippen LogP contribution in [0.5, 0.6) is 0 Å². The largest absolute Gasteiger partial charge is 0.284 e. The Morgan fingerprint density at radius 2 is 1.84 bits per heavy atom. The Morgan fingerprint density at radius 3 is 2.56 bits per heavy atom. The molecule has 3 aromatic heterocycles. The van der Waals surface area contributed by atoms with Crippen LogP contribution in [0.15, 0.2) is 66.1 Å². The van der Waals surface area contributed by atoms with Crippen LogP contribution in [0.2, 0.25) is 5.02 Å². The summed E-state index contributed by atoms with van der Waals surface area (Å²) in [5.74, 6) is 0.513. The summed E-state index contributed by atoms with van der Waals surface area (Å²) in [4.78, 5) is 13.9. The highest BCUT2D eigenvalue weighted by Gasteiger charge is 2.13. The van der Waals surface area contributed by atoms with Crippen molar-refractivity contribution < 1.29 is 4.21 Å². The molecule has 124 valence electrons. The van der Waals surface area contributed by atoms with Crippen molar-refractivity contribution in [3.63, 3.8) is 0 Å². The maximum atomic E-state index is 12.0. The Morgan fingerprint density at radius 1 is 1.08 bits per heavy atom. The molecule has 1 unspecified atom stereocenters. The molecule has 0 saturated carbocycles. The predicted molar refractivity (Wildman–Crippen MR) is 99.4 cm³/mol. The number of fused-ring (bicyclic) bond motifs is 1. The molecule has 0 N–H and O–H groups in total. The maximum Gasteiger partial charge on any atom is 0.234 e. The summed E-state index contributed by atoms with van der Waals surface area (Å²) in [5.41, 5.74) is 2.41. The molecule has 4 rings (SSSR count). The first kappa shape index (κ1) is 15.9. The normalized spacial score (nSPS) is 12.4. The van der Waals surface area contributed by atoms with Crippen LogP contribution in [-0.2, 0) is 10.8 Å². The van der Waals surface area contributed by atoms with Crippen LogP contribution in [-0.4, -0.2) is 30.0 Å². The number of para-hydroxylation sites is 1. The van der Waals surface area contributed by atoms with E-state index in [9.17, 15) is 4.21 Å². The highest BCUT2D eigenvalue weighted by molar-refractivity contribution is 7.84. The Kier molecular flexibility index (Phi) is 4.07. The summed E-state index contributed by atoms with van der Waals surface area (Å²) < 4.78 is 13.9. The van der Waals surface area contributed by atoms with Gasteiger partial charge in [-0.25, -0.2) is 9.97 Å². The van der Waals surface area contributed by atoms with Crippen molar-refractivity contribution in [2.75, 3.05) is 6.26 Å². The molecule has 5 nitrogen and oxygen atoms in total. The van der Waals surface area contributed by atoms with Crippen LogP contribution < -0.4 is 0 Å². The third-order valence-electron chi connectivity index (χ3n) is 3.86. The molecule has 0 radical (unpaired) electrons. The van der Waals surface area contributed by atoms with Gasteiger partial charge in [0, 0.05) is 47.0 Å². The summed E-state index contributed by atoms with van der Waals surface area (Å²) >= 11 is 6.01. The van der Waals surface area contributed by atoms with Gasteiger partial charge in [0.05, 0.1) is 26.9 Å². The molecule has 1 aromatic carbocycles. The van der Waals surface area contributed by atoms with E-state index in [0.29, 0.717) is 16.7 Å². The van der Waals surface area contributed by atoms with Gasteiger partial charge in [-0.1, -0.05) is 29.8 Å². The van der Waals surface area contributed by atoms with E-state index in [1.807, 2.05) is 35.0 Å². The first-order valence-electron chi connectivity index (χ1n) is 7.51. The van der Waals surface area contributed by atoms with Gasteiger partial charge in [0.1, 0.15) is 0 Å². The molecular weight excluding hydrogens is 356 g/mol. The van der Waals surface area contributed by atoms with Crippen LogP contribution >= 0.6 is 11.6 Å². The second kappa shape index (κ2) is 6.38. The molecule has 0 fully saturated rings. The summed E-state index contributed by atoms with van der Waals surface area (Å²) in [6, 6.07) is 11.3. The van der Waals surface area contributed by atoms with Crippen molar-refractivity contribution >= 4 is 33.3 Å². The van der Waals surface area contributed by atoms with E-state index in [2.05, 4.69) is 15.0 Å². The second-order valence-electron chi connectivity index (χ2n) is 5.47. The molecule has 0 bridgehead atoms. The molecule has 0 amide bonds. The van der Waals surface area contributed by atoms with Crippen LogP contribution in [0.25, 0.3) is 28.1 Å². The molecule has 25 heavy (non-hydrogen) atoms. The van der Waals surface area contributed by atoms with Gasteiger partial charge >= 0.3 is 0 Å². The molecule has 7 heteroatoms. The van der Waals surface area contributed by atoms with E-state index in [-0.39, 0.29) is 0 Å². The van der Waals surface area contributed by atoms with Crippen molar-refractivity contribution in [3.8, 4) is 17.2 Å². The minimum atomic E-state index is -1.09. The fraction of sp³-hybridized carbons (Fsp3) is 0.0556. The summed E-state index contributed by atoms with van der Waals surface area (Å²) in [6.07, 6.45) is 8.55. The average molecular weight is 369 g/mol. The number of rotatable bonds is 3. The first-order valence-corrected chi connectivity index (χ1v) is 9.45. The lowest BCUT2D eigenvalue weighted by Crippen LogP contribution is -1.99. The Bertz CT molecular complexity index is 1090. The molecule has 0 saturated heterocycles. The quantitative estimate of drug-likeness (QED) is 0.550. The maximum absolute atomic E-state index is 12.0. The lowest BCUT2D eigenvalue weighted by atomic mass is 10.2. The molecule has 0 aliphatic carbocycles. The Balaban J connectivity index is 1.81. The standard InChI is InChI=1S/C18H13ClN4OS/c1-25(24)17-11-23(16-5-3-2-4-14(16)17)18-21-9-12(10-22-18)15-8-13(19)6-7-20-15/h2-11H,1H3. The van der Waals surface area contributed by atoms with E-state index in [0.717, 1.165) is 21.4 Å². The van der Waals surface area contributed by atoms with E-state index in [1.54, 1.807) is 37.0 Å². The van der Waals surface area contributed by atoms with Gasteiger partial charge in [-0.15, -0.1) is 0 Å². The molecule has 3 heterocycles. The summed E-state index contributed by atoms with van der Waals surface area (Å²) in [6.45, 7) is 0. The third kappa shape index (κ3) is 2.94. The fourth-order valence-electron chi connectivity index (χ4n) is 2.68. The number of nitrogens with zero attached hydrogens (tertiary/aromatic N) is 4. The third-order valence-corrected chi connectivity index (χ3v) is 5.04. The minimum absolute atomic E-state index is 0.513. The van der Waals surface area contributed by atoms with E-state index in [1.165, 1.54) is 0 Å². The average Bonchev–Trinajstić information content (AvgIpc) is 3.02. The minimum Gasteiger partial charge on any atom is -0.284 e. The zero-order chi connectivity index (χ0) is 17.4. The molecule has 0 aliphatic rings. The lowest BCUT2D eigenvalue weighted by molar-refractivity contribution is 0.687. The lowest BCUT2D eigenvalue weighted by Gasteiger charge is -2.05. The number of pyridine rings is 1. The highest BCUT2D eigenvalue weighted by Crippen LogP contribution is 2.26. The van der Waals surface area contributed by atoms with Crippen molar-refractivity contribution in [2.45, 2.75) is 4.90 Å². The van der Waals surface area contributed by atoms with Crippen LogP contribution in [0.1, 0.15) is 0 Å². The van der Waals surface area contributed by atoms with Crippen LogP contribution in [0.3, 0.4) is 0 Å². The number of hydrogen-bond donors (Lipinski definition) is 0. The molecule has 1 atom stereocenters. The predicted octanol–water partition coefficient (Wildman–Crippen LogP) is 3.87. The van der Waals surface area contributed by atoms with Crippen molar-refractivity contribution in [2.24, 2.45) is 0 Å². The molecule has 4 aromatic rings. The van der Waals surface area contributed by atoms with Gasteiger partial charge in [-0.05, 0) is 18.2 Å². The molecular formula is C18H13ClN4OS. The molecule has 0 spiro atoms. The fourth-order valence-corrected chi connectivity index (χ4v) is 3.58. The highest BCUT2D eigenvalue weighted by atomic mass is 35.5. The smallest absolute Gasteiger partial charge is 0.234 e. The first-order chi connectivity index (χ1) is 12.1. The number of hydrogen-bond acceptors (Lipinski definition) is 4. The summed E-state index contributed by atoms with van der Waals surface area (Å²) in [5, 5.41) is 1.55. The van der Waals surface area contributed by atoms with E-state index in [4.69, 9.17) is 11.6 Å².